The van der Waals surface area contributed by atoms with E-state index in [2.05, 4.69) is 10.3 Å². The third-order valence-electron chi connectivity index (χ3n) is 3.45. The van der Waals surface area contributed by atoms with Gasteiger partial charge in [0.15, 0.2) is 6.10 Å². The predicted molar refractivity (Wildman–Crippen MR) is 91.2 cm³/mol. The minimum atomic E-state index is -0.106. The van der Waals surface area contributed by atoms with Gasteiger partial charge in [-0.3, -0.25) is 4.99 Å². The monoisotopic (exact) mass is 318 g/mol. The van der Waals surface area contributed by atoms with Gasteiger partial charge in [-0.05, 0) is 30.7 Å². The lowest BCUT2D eigenvalue weighted by molar-refractivity contribution is 0.285. The second-order valence-electron chi connectivity index (χ2n) is 5.00. The highest BCUT2D eigenvalue weighted by Gasteiger charge is 2.17. The molecule has 5 heteroatoms. The van der Waals surface area contributed by atoms with Crippen LogP contribution >= 0.6 is 12.4 Å². The fraction of sp³-hybridized carbons (Fsp3) is 0.235. The van der Waals surface area contributed by atoms with Crippen LogP contribution in [0.15, 0.2) is 53.5 Å². The highest BCUT2D eigenvalue weighted by atomic mass is 35.5. The number of para-hydroxylation sites is 1. The Bertz CT molecular complexity index is 656. The van der Waals surface area contributed by atoms with E-state index >= 15 is 0 Å². The zero-order chi connectivity index (χ0) is 14.7. The third kappa shape index (κ3) is 3.52. The van der Waals surface area contributed by atoms with Crippen LogP contribution < -0.4 is 10.1 Å². The number of benzene rings is 2. The second kappa shape index (κ2) is 7.18. The number of ether oxygens (including phenoxy) is 1. The number of phenolic OH excluding ortho intramolecular Hbond substituents is 1. The highest BCUT2D eigenvalue weighted by Crippen LogP contribution is 2.31. The molecule has 0 spiro atoms. The molecule has 3 rings (SSSR count). The van der Waals surface area contributed by atoms with E-state index < -0.39 is 0 Å². The standard InChI is InChI=1S/C17H18N2O2.ClH/c1-12(17-18-10-11-19-17)21-16-5-3-2-4-15(16)13-6-8-14(20)9-7-13;/h2-9,12,20H,10-11H2,1H3,(H,18,19);1H. The van der Waals surface area contributed by atoms with Crippen molar-refractivity contribution < 1.29 is 9.84 Å². The highest BCUT2D eigenvalue weighted by molar-refractivity contribution is 5.88. The smallest absolute Gasteiger partial charge is 0.152 e. The maximum absolute atomic E-state index is 9.41. The largest absolute Gasteiger partial charge is 0.508 e. The number of hydrogen-bond donors (Lipinski definition) is 2. The fourth-order valence-corrected chi connectivity index (χ4v) is 2.38. The molecular formula is C17H19ClN2O2. The van der Waals surface area contributed by atoms with Gasteiger partial charge in [0, 0.05) is 12.1 Å². The van der Waals surface area contributed by atoms with Crippen molar-refractivity contribution >= 4 is 18.2 Å². The summed E-state index contributed by atoms with van der Waals surface area (Å²) in [6, 6.07) is 15.0. The van der Waals surface area contributed by atoms with Gasteiger partial charge in [0.2, 0.25) is 0 Å². The molecule has 0 saturated heterocycles. The van der Waals surface area contributed by atoms with Crippen molar-refractivity contribution in [2.45, 2.75) is 13.0 Å². The molecule has 0 radical (unpaired) electrons. The van der Waals surface area contributed by atoms with Crippen molar-refractivity contribution in [2.75, 3.05) is 13.1 Å². The van der Waals surface area contributed by atoms with Gasteiger partial charge in [0.25, 0.3) is 0 Å². The molecule has 116 valence electrons. The van der Waals surface area contributed by atoms with Crippen molar-refractivity contribution in [2.24, 2.45) is 4.99 Å². The molecule has 0 saturated carbocycles. The van der Waals surface area contributed by atoms with Crippen molar-refractivity contribution in [3.8, 4) is 22.6 Å². The molecule has 2 N–H and O–H groups in total. The molecule has 0 fully saturated rings. The van der Waals surface area contributed by atoms with E-state index in [9.17, 15) is 5.11 Å². The van der Waals surface area contributed by atoms with Gasteiger partial charge in [0.05, 0.1) is 6.54 Å². The minimum absolute atomic E-state index is 0. The Balaban J connectivity index is 0.00000176. The lowest BCUT2D eigenvalue weighted by Gasteiger charge is -2.18. The van der Waals surface area contributed by atoms with Crippen LogP contribution in [0.3, 0.4) is 0 Å². The molecule has 22 heavy (non-hydrogen) atoms. The van der Waals surface area contributed by atoms with Crippen LogP contribution in [0.5, 0.6) is 11.5 Å². The molecule has 1 aliphatic rings. The molecule has 0 aliphatic carbocycles. The number of nitrogens with one attached hydrogen (secondary N) is 1. The summed E-state index contributed by atoms with van der Waals surface area (Å²) < 4.78 is 6.06. The number of amidine groups is 1. The van der Waals surface area contributed by atoms with Gasteiger partial charge in [-0.1, -0.05) is 30.3 Å². The van der Waals surface area contributed by atoms with E-state index in [-0.39, 0.29) is 24.3 Å². The maximum atomic E-state index is 9.41. The minimum Gasteiger partial charge on any atom is -0.508 e. The van der Waals surface area contributed by atoms with Crippen LogP contribution in [0.2, 0.25) is 0 Å². The number of phenols is 1. The number of aliphatic imine (C=N–C) groups is 1. The molecule has 2 aromatic rings. The SMILES string of the molecule is CC(Oc1ccccc1-c1ccc(O)cc1)C1=NCCN1.Cl. The normalized spacial score (nSPS) is 14.5. The van der Waals surface area contributed by atoms with E-state index in [0.717, 1.165) is 35.8 Å². The molecule has 2 aromatic carbocycles. The van der Waals surface area contributed by atoms with Gasteiger partial charge < -0.3 is 15.2 Å². The quantitative estimate of drug-likeness (QED) is 0.910. The summed E-state index contributed by atoms with van der Waals surface area (Å²) in [5.74, 6) is 1.97. The molecule has 4 nitrogen and oxygen atoms in total. The molecule has 1 aliphatic heterocycles. The summed E-state index contributed by atoms with van der Waals surface area (Å²) >= 11 is 0. The Morgan fingerprint density at radius 1 is 1.14 bits per heavy atom. The number of hydrogen-bond acceptors (Lipinski definition) is 4. The zero-order valence-electron chi connectivity index (χ0n) is 12.3. The third-order valence-corrected chi connectivity index (χ3v) is 3.45. The van der Waals surface area contributed by atoms with Crippen LogP contribution in [0.4, 0.5) is 0 Å². The Labute approximate surface area is 136 Å². The summed E-state index contributed by atoms with van der Waals surface area (Å²) in [5.41, 5.74) is 2.01. The van der Waals surface area contributed by atoms with Crippen molar-refractivity contribution in [1.82, 2.24) is 5.32 Å². The van der Waals surface area contributed by atoms with Gasteiger partial charge in [0.1, 0.15) is 17.3 Å². The summed E-state index contributed by atoms with van der Waals surface area (Å²) in [5, 5.41) is 12.6. The molecule has 0 amide bonds. The van der Waals surface area contributed by atoms with E-state index in [4.69, 9.17) is 4.74 Å². The molecule has 1 atom stereocenters. The van der Waals surface area contributed by atoms with E-state index in [1.807, 2.05) is 43.3 Å². The average molecular weight is 319 g/mol. The number of rotatable bonds is 4. The molecular weight excluding hydrogens is 300 g/mol. The average Bonchev–Trinajstić information content (AvgIpc) is 3.03. The van der Waals surface area contributed by atoms with Gasteiger partial charge in [-0.25, -0.2) is 0 Å². The Morgan fingerprint density at radius 2 is 1.86 bits per heavy atom. The van der Waals surface area contributed by atoms with Crippen molar-refractivity contribution in [1.29, 1.82) is 0 Å². The van der Waals surface area contributed by atoms with Crippen LogP contribution in [0.1, 0.15) is 6.92 Å². The number of aromatic hydroxyl groups is 1. The fourth-order valence-electron chi connectivity index (χ4n) is 2.38. The maximum Gasteiger partial charge on any atom is 0.152 e. The molecule has 1 unspecified atom stereocenters. The predicted octanol–water partition coefficient (Wildman–Crippen LogP) is 3.25. The molecule has 0 bridgehead atoms. The first-order chi connectivity index (χ1) is 10.2. The number of nitrogens with zero attached hydrogens (tertiary/aromatic N) is 1. The molecule has 1 heterocycles. The first-order valence-electron chi connectivity index (χ1n) is 7.07. The van der Waals surface area contributed by atoms with Gasteiger partial charge in [-0.15, -0.1) is 12.4 Å². The number of halogens is 1. The van der Waals surface area contributed by atoms with Crippen molar-refractivity contribution in [3.05, 3.63) is 48.5 Å². The zero-order valence-corrected chi connectivity index (χ0v) is 13.1. The Morgan fingerprint density at radius 3 is 2.55 bits per heavy atom. The van der Waals surface area contributed by atoms with Crippen molar-refractivity contribution in [3.63, 3.8) is 0 Å². The van der Waals surface area contributed by atoms with E-state index in [1.54, 1.807) is 12.1 Å². The lowest BCUT2D eigenvalue weighted by Crippen LogP contribution is -2.33. The summed E-state index contributed by atoms with van der Waals surface area (Å²) in [6.45, 7) is 3.68. The topological polar surface area (TPSA) is 53.9 Å². The summed E-state index contributed by atoms with van der Waals surface area (Å²) in [6.07, 6.45) is -0.106. The van der Waals surface area contributed by atoms with Crippen LogP contribution in [-0.2, 0) is 0 Å². The first kappa shape index (κ1) is 16.2. The Hall–Kier alpha value is -2.20. The van der Waals surface area contributed by atoms with Crippen LogP contribution in [-0.4, -0.2) is 30.1 Å². The summed E-state index contributed by atoms with van der Waals surface area (Å²) in [4.78, 5) is 4.39. The summed E-state index contributed by atoms with van der Waals surface area (Å²) in [7, 11) is 0. The lowest BCUT2D eigenvalue weighted by atomic mass is 10.0. The van der Waals surface area contributed by atoms with Gasteiger partial charge in [-0.2, -0.15) is 0 Å². The van der Waals surface area contributed by atoms with Crippen LogP contribution in [0, 0.1) is 0 Å². The van der Waals surface area contributed by atoms with E-state index in [0.29, 0.717) is 0 Å². The van der Waals surface area contributed by atoms with Gasteiger partial charge >= 0.3 is 0 Å². The first-order valence-corrected chi connectivity index (χ1v) is 7.07. The molecule has 0 aromatic heterocycles. The van der Waals surface area contributed by atoms with E-state index in [1.165, 1.54) is 0 Å². The second-order valence-corrected chi connectivity index (χ2v) is 5.00. The van der Waals surface area contributed by atoms with Crippen LogP contribution in [0.25, 0.3) is 11.1 Å². The Kier molecular flexibility index (Phi) is 5.28.